The zero-order valence-corrected chi connectivity index (χ0v) is 32.3. The summed E-state index contributed by atoms with van der Waals surface area (Å²) >= 11 is -2.74. The van der Waals surface area contributed by atoms with Gasteiger partial charge in [-0.05, 0) is 0 Å². The van der Waals surface area contributed by atoms with E-state index in [4.69, 9.17) is 9.16 Å². The second-order valence-corrected chi connectivity index (χ2v) is 33.3. The molecule has 1 aromatic rings. The molecule has 0 saturated carbocycles. The van der Waals surface area contributed by atoms with Gasteiger partial charge < -0.3 is 0 Å². The summed E-state index contributed by atoms with van der Waals surface area (Å²) in [4.78, 5) is 16.1. The molecule has 0 aromatic heterocycles. The minimum absolute atomic E-state index is 0.189. The van der Waals surface area contributed by atoms with E-state index in [0.29, 0.717) is 23.2 Å². The maximum atomic E-state index is 14.0. The molecule has 0 atom stereocenters. The first-order valence-electron chi connectivity index (χ1n) is 16.4. The molecule has 0 bridgehead atoms. The van der Waals surface area contributed by atoms with E-state index in [9.17, 15) is 4.79 Å². The third-order valence-corrected chi connectivity index (χ3v) is 29.7. The first kappa shape index (κ1) is 37.5. The number of para-hydroxylation sites is 1. The van der Waals surface area contributed by atoms with Crippen LogP contribution in [0.25, 0.3) is 0 Å². The summed E-state index contributed by atoms with van der Waals surface area (Å²) < 4.78 is 18.2. The van der Waals surface area contributed by atoms with Crippen molar-refractivity contribution in [1.29, 1.82) is 0 Å². The number of carbonyl (C=O) groups is 1. The molecule has 1 amide bonds. The van der Waals surface area contributed by atoms with Crippen molar-refractivity contribution >= 4 is 38.5 Å². The molecular weight excluding hydrogens is 617 g/mol. The fraction of sp³-hybridized carbons (Fsp3) is 0.794. The van der Waals surface area contributed by atoms with Crippen molar-refractivity contribution in [1.82, 2.24) is 0 Å². The van der Waals surface area contributed by atoms with Crippen LogP contribution < -0.4 is 4.90 Å². The van der Waals surface area contributed by atoms with E-state index in [1.54, 1.807) is 0 Å². The van der Waals surface area contributed by atoms with Gasteiger partial charge in [0.2, 0.25) is 0 Å². The van der Waals surface area contributed by atoms with Gasteiger partial charge in [0, 0.05) is 0 Å². The molecule has 0 unspecified atom stereocenters. The van der Waals surface area contributed by atoms with Crippen molar-refractivity contribution in [3.8, 4) is 0 Å². The Morgan fingerprint density at radius 3 is 1.68 bits per heavy atom. The quantitative estimate of drug-likeness (QED) is 0.145. The Bertz CT molecular complexity index is 821. The molecule has 0 aliphatic rings. The molecule has 4 nitrogen and oxygen atoms in total. The van der Waals surface area contributed by atoms with Gasteiger partial charge in [-0.1, -0.05) is 0 Å². The van der Waals surface area contributed by atoms with Gasteiger partial charge in [-0.3, -0.25) is 0 Å². The fourth-order valence-electron chi connectivity index (χ4n) is 6.77. The molecule has 0 radical (unpaired) electrons. The molecule has 1 aromatic carbocycles. The summed E-state index contributed by atoms with van der Waals surface area (Å²) in [6, 6.07) is 8.49. The molecule has 0 aliphatic heterocycles. The number of rotatable bonds is 18. The fourth-order valence-corrected chi connectivity index (χ4v) is 27.9. The van der Waals surface area contributed by atoms with E-state index in [-0.39, 0.29) is 6.09 Å². The summed E-state index contributed by atoms with van der Waals surface area (Å²) in [6.07, 6.45) is 7.32. The molecule has 6 heteroatoms. The standard InChI is InChI=1S/C22H38NO3Si.3C4H9.Sn/c1-16(2)27(17(3)4,18(5)6)25-15-19-13-11-12-14-20(19)23(10)21(24)26-22(7,8)9;3*1-3-4-2;/h11-14,16-18H,10,15H2,1-9H3;3*1,3-4H2,2H3;. The van der Waals surface area contributed by atoms with E-state index in [1.807, 2.05) is 20.8 Å². The van der Waals surface area contributed by atoms with Crippen LogP contribution in [0.1, 0.15) is 127 Å². The van der Waals surface area contributed by atoms with Crippen LogP contribution in [0.5, 0.6) is 0 Å². The molecule has 0 saturated heterocycles. The average molecular weight is 683 g/mol. The van der Waals surface area contributed by atoms with Gasteiger partial charge in [0.1, 0.15) is 0 Å². The van der Waals surface area contributed by atoms with E-state index in [1.165, 1.54) is 51.8 Å². The summed E-state index contributed by atoms with van der Waals surface area (Å²) in [6.45, 7) is 27.4. The van der Waals surface area contributed by atoms with Gasteiger partial charge in [-0.2, -0.15) is 0 Å². The monoisotopic (exact) mass is 683 g/mol. The summed E-state index contributed by atoms with van der Waals surface area (Å²) in [5.74, 6) is 0. The summed E-state index contributed by atoms with van der Waals surface area (Å²) in [5, 5.41) is 0. The Kier molecular flexibility index (Phi) is 16.4. The van der Waals surface area contributed by atoms with E-state index < -0.39 is 32.3 Å². The Morgan fingerprint density at radius 1 is 0.825 bits per heavy atom. The Labute approximate surface area is 254 Å². The normalized spacial score (nSPS) is 13.0. The third-order valence-electron chi connectivity index (χ3n) is 8.76. The Balaban J connectivity index is 3.64. The van der Waals surface area contributed by atoms with Crippen molar-refractivity contribution < 1.29 is 14.0 Å². The molecule has 0 N–H and O–H groups in total. The minimum atomic E-state index is -2.74. The number of anilines is 1. The van der Waals surface area contributed by atoms with Crippen LogP contribution in [0.3, 0.4) is 0 Å². The van der Waals surface area contributed by atoms with Crippen LogP contribution in [0.2, 0.25) is 29.9 Å². The van der Waals surface area contributed by atoms with Gasteiger partial charge >= 0.3 is 255 Å². The molecular formula is C34H65NO3SiSn. The predicted octanol–water partition coefficient (Wildman–Crippen LogP) is 11.5. The number of hydrogen-bond acceptors (Lipinski definition) is 3. The number of carbonyl (C=O) groups excluding carboxylic acids is 1. The summed E-state index contributed by atoms with van der Waals surface area (Å²) in [5.41, 5.74) is 3.13. The second kappa shape index (κ2) is 17.6. The van der Waals surface area contributed by atoms with Crippen molar-refractivity contribution in [2.24, 2.45) is 0 Å². The van der Waals surface area contributed by atoms with Crippen molar-refractivity contribution in [3.05, 3.63) is 29.8 Å². The third kappa shape index (κ3) is 10.9. The molecule has 0 fully saturated rings. The molecule has 0 aliphatic carbocycles. The summed E-state index contributed by atoms with van der Waals surface area (Å²) in [7, 11) is -2.05. The van der Waals surface area contributed by atoms with Gasteiger partial charge in [0.25, 0.3) is 0 Å². The van der Waals surface area contributed by atoms with Crippen LogP contribution >= 0.6 is 0 Å². The zero-order valence-electron chi connectivity index (χ0n) is 28.5. The van der Waals surface area contributed by atoms with E-state index in [0.717, 1.165) is 15.8 Å². The van der Waals surface area contributed by atoms with Crippen LogP contribution in [0.15, 0.2) is 24.3 Å². The van der Waals surface area contributed by atoms with Crippen LogP contribution in [0.4, 0.5) is 10.5 Å². The molecule has 1 rings (SSSR count). The number of benzene rings is 1. The van der Waals surface area contributed by atoms with Crippen molar-refractivity contribution in [2.75, 3.05) is 9.46 Å². The number of nitrogens with zero attached hydrogens (tertiary/aromatic N) is 1. The second-order valence-electron chi connectivity index (χ2n) is 14.1. The number of hydrogen-bond donors (Lipinski definition) is 0. The topological polar surface area (TPSA) is 38.8 Å². The SMILES string of the molecule is CCC[CH2][Sn]([CH2]CCC)([CH2]CCC)[CH2]N(C(=O)OC(C)(C)C)c1ccccc1CO[Si](C(C)C)(C(C)C)C(C)C. The zero-order chi connectivity index (χ0) is 30.6. The first-order valence-corrected chi connectivity index (χ1v) is 26.6. The van der Waals surface area contributed by atoms with Crippen LogP contribution in [-0.4, -0.2) is 42.9 Å². The molecule has 0 heterocycles. The van der Waals surface area contributed by atoms with Crippen LogP contribution in [0, 0.1) is 0 Å². The number of unbranched alkanes of at least 4 members (excludes halogenated alkanes) is 3. The molecule has 0 spiro atoms. The maximum absolute atomic E-state index is 14.0. The van der Waals surface area contributed by atoms with Gasteiger partial charge in [-0.25, -0.2) is 0 Å². The van der Waals surface area contributed by atoms with Gasteiger partial charge in [-0.15, -0.1) is 0 Å². The van der Waals surface area contributed by atoms with E-state index >= 15 is 0 Å². The van der Waals surface area contributed by atoms with Crippen molar-refractivity contribution in [2.45, 2.75) is 164 Å². The molecule has 232 valence electrons. The molecule has 40 heavy (non-hydrogen) atoms. The van der Waals surface area contributed by atoms with Gasteiger partial charge in [0.05, 0.1) is 0 Å². The number of amides is 1. The predicted molar refractivity (Wildman–Crippen MR) is 181 cm³/mol. The first-order chi connectivity index (χ1) is 18.7. The average Bonchev–Trinajstić information content (AvgIpc) is 2.87. The Hall–Kier alpha value is -0.534. The van der Waals surface area contributed by atoms with Gasteiger partial charge in [0.15, 0.2) is 0 Å². The van der Waals surface area contributed by atoms with E-state index in [2.05, 4.69) is 91.5 Å². The van der Waals surface area contributed by atoms with Crippen molar-refractivity contribution in [3.63, 3.8) is 0 Å². The Morgan fingerprint density at radius 2 is 1.27 bits per heavy atom. The van der Waals surface area contributed by atoms with Crippen LogP contribution in [-0.2, 0) is 15.8 Å². The number of ether oxygens (including phenoxy) is 1.